The van der Waals surface area contributed by atoms with E-state index >= 15 is 0 Å². The van der Waals surface area contributed by atoms with Crippen molar-refractivity contribution >= 4 is 0 Å². The smallest absolute Gasteiger partial charge is 0.260 e. The van der Waals surface area contributed by atoms with Gasteiger partial charge in [-0.3, -0.25) is 0 Å². The topological polar surface area (TPSA) is 27.3 Å². The van der Waals surface area contributed by atoms with Gasteiger partial charge in [0.1, 0.15) is 36.0 Å². The minimum absolute atomic E-state index is 0.0439. The van der Waals surface area contributed by atoms with Gasteiger partial charge in [-0.1, -0.05) is 20.8 Å². The molecule has 0 N–H and O–H groups in total. The molecule has 0 saturated heterocycles. The van der Waals surface area contributed by atoms with Gasteiger partial charge in [-0.25, -0.2) is 9.13 Å². The van der Waals surface area contributed by atoms with Crippen LogP contribution in [-0.2, 0) is 12.1 Å². The number of benzene rings is 1. The third kappa shape index (κ3) is 3.46. The molecule has 1 heterocycles. The predicted octanol–water partition coefficient (Wildman–Crippen LogP) is 4.50. The monoisotopic (exact) mass is 357 g/mol. The molecule has 2 aromatic rings. The molecule has 1 fully saturated rings. The van der Waals surface area contributed by atoms with Crippen molar-refractivity contribution in [3.05, 3.63) is 42.0 Å². The summed E-state index contributed by atoms with van der Waals surface area (Å²) < 4.78 is 15.8. The van der Waals surface area contributed by atoms with Gasteiger partial charge in [0.25, 0.3) is 5.82 Å². The summed E-state index contributed by atoms with van der Waals surface area (Å²) in [6, 6.07) is 6.11. The van der Waals surface area contributed by atoms with Gasteiger partial charge < -0.3 is 9.47 Å². The number of hydrogen-bond donors (Lipinski definition) is 0. The van der Waals surface area contributed by atoms with Crippen molar-refractivity contribution in [1.29, 1.82) is 0 Å². The Bertz CT molecular complexity index is 758. The van der Waals surface area contributed by atoms with Crippen LogP contribution in [0.5, 0.6) is 11.5 Å². The third-order valence-corrected chi connectivity index (χ3v) is 6.08. The molecule has 26 heavy (non-hydrogen) atoms. The fourth-order valence-electron chi connectivity index (χ4n) is 3.33. The standard InChI is InChI=1S/C22H33N2O2/c1-21(2,3)22(4,5)24-11-10-23(20(24)17-8-9-17)15-16-12-18(25-6)14-19(13-16)26-7/h10-14,17H,8-9,15H2,1-7H3/q+1. The van der Waals surface area contributed by atoms with Crippen LogP contribution in [0.4, 0.5) is 0 Å². The van der Waals surface area contributed by atoms with E-state index in [4.69, 9.17) is 9.47 Å². The second-order valence-electron chi connectivity index (χ2n) is 8.96. The van der Waals surface area contributed by atoms with Gasteiger partial charge in [-0.2, -0.15) is 0 Å². The normalized spacial score (nSPS) is 15.2. The highest BCUT2D eigenvalue weighted by atomic mass is 16.5. The van der Waals surface area contributed by atoms with Crippen LogP contribution in [0.25, 0.3) is 0 Å². The van der Waals surface area contributed by atoms with E-state index in [1.165, 1.54) is 24.2 Å². The molecule has 0 unspecified atom stereocenters. The summed E-state index contributed by atoms with van der Waals surface area (Å²) in [5, 5.41) is 0. The number of ether oxygens (including phenoxy) is 2. The van der Waals surface area contributed by atoms with Gasteiger partial charge in [0.15, 0.2) is 0 Å². The Morgan fingerprint density at radius 2 is 1.58 bits per heavy atom. The Labute approximate surface area is 157 Å². The number of aromatic nitrogens is 2. The first kappa shape index (κ1) is 18.8. The molecule has 4 heteroatoms. The van der Waals surface area contributed by atoms with Crippen LogP contribution in [0.15, 0.2) is 30.6 Å². The Kier molecular flexibility index (Phi) is 4.80. The molecular weight excluding hydrogens is 324 g/mol. The lowest BCUT2D eigenvalue weighted by atomic mass is 9.76. The van der Waals surface area contributed by atoms with Gasteiger partial charge in [-0.15, -0.1) is 0 Å². The van der Waals surface area contributed by atoms with Crippen molar-refractivity contribution < 1.29 is 14.0 Å². The Morgan fingerprint density at radius 1 is 1.00 bits per heavy atom. The van der Waals surface area contributed by atoms with Crippen molar-refractivity contribution in [1.82, 2.24) is 4.57 Å². The number of hydrogen-bond acceptors (Lipinski definition) is 2. The molecule has 4 nitrogen and oxygen atoms in total. The minimum atomic E-state index is 0.0439. The van der Waals surface area contributed by atoms with E-state index in [-0.39, 0.29) is 11.0 Å². The maximum atomic E-state index is 5.43. The Balaban J connectivity index is 2.00. The Hall–Kier alpha value is -1.97. The predicted molar refractivity (Wildman–Crippen MR) is 104 cm³/mol. The zero-order valence-corrected chi connectivity index (χ0v) is 17.3. The maximum Gasteiger partial charge on any atom is 0.260 e. The summed E-state index contributed by atoms with van der Waals surface area (Å²) in [5.74, 6) is 3.77. The van der Waals surface area contributed by atoms with Gasteiger partial charge >= 0.3 is 0 Å². The molecule has 1 aromatic heterocycles. The fourth-order valence-corrected chi connectivity index (χ4v) is 3.33. The summed E-state index contributed by atoms with van der Waals surface area (Å²) in [6.45, 7) is 12.5. The van der Waals surface area contributed by atoms with Gasteiger partial charge in [-0.05, 0) is 38.8 Å². The van der Waals surface area contributed by atoms with E-state index in [9.17, 15) is 0 Å². The van der Waals surface area contributed by atoms with Crippen molar-refractivity contribution in [2.75, 3.05) is 14.2 Å². The summed E-state index contributed by atoms with van der Waals surface area (Å²) in [5.41, 5.74) is 1.41. The molecule has 0 atom stereocenters. The number of methoxy groups -OCH3 is 2. The van der Waals surface area contributed by atoms with Crippen molar-refractivity contribution in [3.8, 4) is 11.5 Å². The lowest BCUT2D eigenvalue weighted by molar-refractivity contribution is -0.696. The first-order valence-corrected chi connectivity index (χ1v) is 9.50. The summed E-state index contributed by atoms with van der Waals surface area (Å²) in [6.07, 6.45) is 7.06. The third-order valence-electron chi connectivity index (χ3n) is 6.08. The fraction of sp³-hybridized carbons (Fsp3) is 0.591. The molecule has 0 spiro atoms. The Morgan fingerprint density at radius 3 is 2.04 bits per heavy atom. The minimum Gasteiger partial charge on any atom is -0.497 e. The molecule has 0 amide bonds. The van der Waals surface area contributed by atoms with Crippen molar-refractivity contribution in [3.63, 3.8) is 0 Å². The lowest BCUT2D eigenvalue weighted by Gasteiger charge is -2.36. The van der Waals surface area contributed by atoms with E-state index < -0.39 is 0 Å². The van der Waals surface area contributed by atoms with Gasteiger partial charge in [0.2, 0.25) is 0 Å². The van der Waals surface area contributed by atoms with Crippen molar-refractivity contribution in [2.24, 2.45) is 5.41 Å². The van der Waals surface area contributed by atoms with E-state index in [0.717, 1.165) is 18.0 Å². The molecule has 1 aliphatic rings. The van der Waals surface area contributed by atoms with Gasteiger partial charge in [0.05, 0.1) is 20.1 Å². The van der Waals surface area contributed by atoms with Crippen LogP contribution < -0.4 is 14.0 Å². The molecular formula is C22H33N2O2+. The van der Waals surface area contributed by atoms with Crippen LogP contribution in [0.3, 0.4) is 0 Å². The van der Waals surface area contributed by atoms with Crippen molar-refractivity contribution in [2.45, 2.75) is 65.5 Å². The van der Waals surface area contributed by atoms with Crippen LogP contribution in [0, 0.1) is 5.41 Å². The summed E-state index contributed by atoms with van der Waals surface area (Å²) >= 11 is 0. The molecule has 142 valence electrons. The second-order valence-corrected chi connectivity index (χ2v) is 8.96. The SMILES string of the molecule is COc1cc(C[n+]2ccn(C(C)(C)C(C)(C)C)c2C2CC2)cc(OC)c1. The highest BCUT2D eigenvalue weighted by Crippen LogP contribution is 2.44. The molecule has 3 rings (SSSR count). The quantitative estimate of drug-likeness (QED) is 0.712. The molecule has 0 aliphatic heterocycles. The molecule has 0 radical (unpaired) electrons. The molecule has 1 saturated carbocycles. The number of rotatable bonds is 6. The van der Waals surface area contributed by atoms with E-state index in [1.54, 1.807) is 14.2 Å². The van der Waals surface area contributed by atoms with Crippen LogP contribution in [-0.4, -0.2) is 18.8 Å². The molecule has 1 aliphatic carbocycles. The van der Waals surface area contributed by atoms with E-state index in [2.05, 4.69) is 68.3 Å². The van der Waals surface area contributed by atoms with E-state index in [0.29, 0.717) is 5.92 Å². The average molecular weight is 358 g/mol. The molecule has 1 aromatic carbocycles. The zero-order valence-electron chi connectivity index (χ0n) is 17.3. The molecule has 0 bridgehead atoms. The number of nitrogens with zero attached hydrogens (tertiary/aromatic N) is 2. The number of imidazole rings is 1. The van der Waals surface area contributed by atoms with Crippen LogP contribution in [0.2, 0.25) is 0 Å². The highest BCUT2D eigenvalue weighted by molar-refractivity contribution is 5.38. The highest BCUT2D eigenvalue weighted by Gasteiger charge is 2.45. The summed E-state index contributed by atoms with van der Waals surface area (Å²) in [7, 11) is 3.40. The van der Waals surface area contributed by atoms with Crippen LogP contribution in [0.1, 0.15) is 64.8 Å². The van der Waals surface area contributed by atoms with Gasteiger partial charge in [0, 0.05) is 17.0 Å². The first-order chi connectivity index (χ1) is 12.2. The lowest BCUT2D eigenvalue weighted by Crippen LogP contribution is -2.45. The largest absolute Gasteiger partial charge is 0.497 e. The average Bonchev–Trinajstić information content (AvgIpc) is 3.33. The zero-order chi connectivity index (χ0) is 19.1. The van der Waals surface area contributed by atoms with E-state index in [1.807, 2.05) is 6.07 Å². The van der Waals surface area contributed by atoms with Crippen LogP contribution >= 0.6 is 0 Å². The first-order valence-electron chi connectivity index (χ1n) is 9.50. The second kappa shape index (κ2) is 6.64. The maximum absolute atomic E-state index is 5.43. The summed E-state index contributed by atoms with van der Waals surface area (Å²) in [4.78, 5) is 0.